The summed E-state index contributed by atoms with van der Waals surface area (Å²) in [6.07, 6.45) is 1.45. The van der Waals surface area contributed by atoms with Crippen molar-refractivity contribution in [3.63, 3.8) is 0 Å². The van der Waals surface area contributed by atoms with E-state index in [0.29, 0.717) is 42.6 Å². The molecule has 1 atom stereocenters. The van der Waals surface area contributed by atoms with Crippen LogP contribution in [0.3, 0.4) is 0 Å². The number of ether oxygens (including phenoxy) is 2. The molecule has 2 aliphatic rings. The van der Waals surface area contributed by atoms with Crippen LogP contribution in [0.1, 0.15) is 36.5 Å². The number of hydrogen-bond donors (Lipinski definition) is 1. The number of morpholine rings is 1. The van der Waals surface area contributed by atoms with Crippen molar-refractivity contribution in [3.05, 3.63) is 69.2 Å². The average Bonchev–Trinajstić information content (AvgIpc) is 2.78. The number of rotatable bonds is 6. The average molecular weight is 477 g/mol. The lowest BCUT2D eigenvalue weighted by Gasteiger charge is -2.37. The molecule has 0 saturated carbocycles. The summed E-state index contributed by atoms with van der Waals surface area (Å²) < 4.78 is 11.2. The van der Waals surface area contributed by atoms with E-state index in [4.69, 9.17) is 32.7 Å². The first-order valence-corrected chi connectivity index (χ1v) is 12.0. The largest absolute Gasteiger partial charge is 0.381 e. The van der Waals surface area contributed by atoms with E-state index in [2.05, 4.69) is 41.4 Å². The quantitative estimate of drug-likeness (QED) is 0.662. The van der Waals surface area contributed by atoms with Gasteiger partial charge in [-0.25, -0.2) is 0 Å². The minimum atomic E-state index is -0.707. The Balaban J connectivity index is 1.45. The Bertz CT molecular complexity index is 947. The van der Waals surface area contributed by atoms with Crippen molar-refractivity contribution in [2.45, 2.75) is 44.4 Å². The van der Waals surface area contributed by atoms with Crippen LogP contribution in [-0.2, 0) is 32.8 Å². The van der Waals surface area contributed by atoms with Crippen LogP contribution < -0.4 is 5.32 Å². The fraction of sp³-hybridized carbons (Fsp3) is 0.480. The second-order valence-electron chi connectivity index (χ2n) is 8.74. The van der Waals surface area contributed by atoms with Gasteiger partial charge in [0.25, 0.3) is 0 Å². The number of nitrogens with zero attached hydrogens (tertiary/aromatic N) is 1. The molecule has 1 unspecified atom stereocenters. The molecule has 2 heterocycles. The third-order valence-electron chi connectivity index (χ3n) is 6.40. The van der Waals surface area contributed by atoms with Crippen LogP contribution in [0.5, 0.6) is 0 Å². The summed E-state index contributed by atoms with van der Waals surface area (Å²) in [5, 5.41) is 4.26. The van der Waals surface area contributed by atoms with Crippen LogP contribution in [0.2, 0.25) is 10.0 Å². The molecule has 0 radical (unpaired) electrons. The fourth-order valence-electron chi connectivity index (χ4n) is 4.70. The van der Waals surface area contributed by atoms with Crippen LogP contribution in [0, 0.1) is 0 Å². The molecular formula is C25H30Cl2N2O3. The summed E-state index contributed by atoms with van der Waals surface area (Å²) >= 11 is 12.6. The van der Waals surface area contributed by atoms with Gasteiger partial charge in [0.15, 0.2) is 0 Å². The van der Waals surface area contributed by atoms with Crippen molar-refractivity contribution in [1.82, 2.24) is 10.2 Å². The zero-order valence-electron chi connectivity index (χ0n) is 18.4. The van der Waals surface area contributed by atoms with Crippen molar-refractivity contribution in [2.75, 3.05) is 32.9 Å². The van der Waals surface area contributed by atoms with E-state index >= 15 is 0 Å². The van der Waals surface area contributed by atoms with E-state index in [-0.39, 0.29) is 12.0 Å². The molecule has 0 bridgehead atoms. The Morgan fingerprint density at radius 2 is 1.91 bits per heavy atom. The molecular weight excluding hydrogens is 447 g/mol. The first-order valence-electron chi connectivity index (χ1n) is 11.2. The Morgan fingerprint density at radius 1 is 1.12 bits per heavy atom. The summed E-state index contributed by atoms with van der Waals surface area (Å²) in [6.45, 7) is 7.18. The first-order chi connectivity index (χ1) is 15.5. The van der Waals surface area contributed by atoms with Crippen molar-refractivity contribution in [1.29, 1.82) is 0 Å². The van der Waals surface area contributed by atoms with Crippen LogP contribution in [0.15, 0.2) is 42.5 Å². The molecule has 0 spiro atoms. The summed E-state index contributed by atoms with van der Waals surface area (Å²) in [5.41, 5.74) is 2.44. The number of amides is 1. The fourth-order valence-corrected chi connectivity index (χ4v) is 5.29. The van der Waals surface area contributed by atoms with E-state index in [1.807, 2.05) is 6.07 Å². The summed E-state index contributed by atoms with van der Waals surface area (Å²) in [6, 6.07) is 13.8. The number of nitrogens with one attached hydrogen (secondary N) is 1. The van der Waals surface area contributed by atoms with Crippen molar-refractivity contribution in [2.24, 2.45) is 0 Å². The van der Waals surface area contributed by atoms with Crippen molar-refractivity contribution >= 4 is 29.1 Å². The maximum Gasteiger partial charge on any atom is 0.231 e. The number of halogens is 2. The van der Waals surface area contributed by atoms with E-state index < -0.39 is 5.41 Å². The van der Waals surface area contributed by atoms with Crippen molar-refractivity contribution in [3.8, 4) is 0 Å². The normalized spacial score (nSPS) is 21.3. The molecule has 2 aromatic rings. The Hall–Kier alpha value is -1.63. The highest BCUT2D eigenvalue weighted by Crippen LogP contribution is 2.40. The van der Waals surface area contributed by atoms with E-state index in [0.717, 1.165) is 37.4 Å². The molecule has 4 rings (SSSR count). The predicted octanol–water partition coefficient (Wildman–Crippen LogP) is 4.58. The van der Waals surface area contributed by atoms with Gasteiger partial charge in [-0.05, 0) is 48.6 Å². The first kappa shape index (κ1) is 23.5. The van der Waals surface area contributed by atoms with Gasteiger partial charge >= 0.3 is 0 Å². The monoisotopic (exact) mass is 476 g/mol. The SMILES string of the molecule is CC1CN(Cc2cccc(CNC(=O)C3(c4ccc(Cl)cc4Cl)CCOCC3)c2)CCO1. The molecule has 5 nitrogen and oxygen atoms in total. The topological polar surface area (TPSA) is 50.8 Å². The molecule has 0 aromatic heterocycles. The van der Waals surface area contributed by atoms with Gasteiger partial charge in [0, 0.05) is 49.4 Å². The second kappa shape index (κ2) is 10.5. The third-order valence-corrected chi connectivity index (χ3v) is 6.95. The smallest absolute Gasteiger partial charge is 0.231 e. The zero-order valence-corrected chi connectivity index (χ0v) is 19.9. The lowest BCUT2D eigenvalue weighted by molar-refractivity contribution is -0.130. The van der Waals surface area contributed by atoms with Gasteiger partial charge in [-0.2, -0.15) is 0 Å². The molecule has 32 heavy (non-hydrogen) atoms. The molecule has 1 amide bonds. The van der Waals surface area contributed by atoms with E-state index in [9.17, 15) is 4.79 Å². The highest BCUT2D eigenvalue weighted by atomic mass is 35.5. The minimum absolute atomic E-state index is 0.0163. The van der Waals surface area contributed by atoms with Crippen LogP contribution in [0.4, 0.5) is 0 Å². The number of hydrogen-bond acceptors (Lipinski definition) is 4. The second-order valence-corrected chi connectivity index (χ2v) is 9.58. The molecule has 2 aliphatic heterocycles. The van der Waals surface area contributed by atoms with Crippen LogP contribution in [-0.4, -0.2) is 49.8 Å². The van der Waals surface area contributed by atoms with Gasteiger partial charge in [-0.15, -0.1) is 0 Å². The van der Waals surface area contributed by atoms with E-state index in [1.54, 1.807) is 12.1 Å². The lowest BCUT2D eigenvalue weighted by Crippen LogP contribution is -2.48. The molecule has 172 valence electrons. The highest BCUT2D eigenvalue weighted by Gasteiger charge is 2.43. The molecule has 7 heteroatoms. The predicted molar refractivity (Wildman–Crippen MR) is 127 cm³/mol. The Kier molecular flexibility index (Phi) is 7.74. The highest BCUT2D eigenvalue weighted by molar-refractivity contribution is 6.35. The summed E-state index contributed by atoms with van der Waals surface area (Å²) in [5.74, 6) is -0.0163. The molecule has 1 N–H and O–H groups in total. The molecule has 2 saturated heterocycles. The number of benzene rings is 2. The van der Waals surface area contributed by atoms with Gasteiger partial charge in [0.05, 0.1) is 18.1 Å². The zero-order chi connectivity index (χ0) is 22.6. The van der Waals surface area contributed by atoms with Gasteiger partial charge in [-0.3, -0.25) is 9.69 Å². The van der Waals surface area contributed by atoms with Gasteiger partial charge in [0.2, 0.25) is 5.91 Å². The standard InChI is InChI=1S/C25H30Cl2N2O3/c1-18-16-29(9-12-32-18)17-20-4-2-3-19(13-20)15-28-24(30)25(7-10-31-11-8-25)22-6-5-21(26)14-23(22)27/h2-6,13-14,18H,7-12,15-17H2,1H3,(H,28,30). The maximum absolute atomic E-state index is 13.5. The number of carbonyl (C=O) groups is 1. The van der Waals surface area contributed by atoms with Gasteiger partial charge in [-0.1, -0.05) is 53.5 Å². The van der Waals surface area contributed by atoms with Crippen LogP contribution in [0.25, 0.3) is 0 Å². The Morgan fingerprint density at radius 3 is 2.66 bits per heavy atom. The molecule has 0 aliphatic carbocycles. The van der Waals surface area contributed by atoms with Gasteiger partial charge < -0.3 is 14.8 Å². The van der Waals surface area contributed by atoms with Crippen molar-refractivity contribution < 1.29 is 14.3 Å². The van der Waals surface area contributed by atoms with E-state index in [1.165, 1.54) is 5.56 Å². The summed E-state index contributed by atoms with van der Waals surface area (Å²) in [7, 11) is 0. The number of carbonyl (C=O) groups excluding carboxylic acids is 1. The Labute approximate surface area is 200 Å². The van der Waals surface area contributed by atoms with Crippen LogP contribution >= 0.6 is 23.2 Å². The molecule has 2 fully saturated rings. The minimum Gasteiger partial charge on any atom is -0.381 e. The maximum atomic E-state index is 13.5. The summed E-state index contributed by atoms with van der Waals surface area (Å²) in [4.78, 5) is 15.9. The molecule has 2 aromatic carbocycles. The lowest BCUT2D eigenvalue weighted by atomic mass is 9.73. The van der Waals surface area contributed by atoms with Gasteiger partial charge in [0.1, 0.15) is 0 Å². The third kappa shape index (κ3) is 5.46.